The molecule has 0 unspecified atom stereocenters. The molecule has 1 amide bonds. The van der Waals surface area contributed by atoms with E-state index in [-0.39, 0.29) is 6.04 Å². The Morgan fingerprint density at radius 2 is 2.12 bits per heavy atom. The minimum Gasteiger partial charge on any atom is -0.450 e. The average molecular weight is 350 g/mol. The monoisotopic (exact) mass is 350 g/mol. The third-order valence-electron chi connectivity index (χ3n) is 4.61. The molecule has 1 aliphatic rings. The molecule has 1 aromatic carbocycles. The van der Waals surface area contributed by atoms with Gasteiger partial charge in [-0.25, -0.2) is 4.79 Å². The normalized spacial score (nSPS) is 20.7. The second-order valence-corrected chi connectivity index (χ2v) is 6.61. The molecule has 6 nitrogen and oxygen atoms in total. The van der Waals surface area contributed by atoms with E-state index in [9.17, 15) is 15.0 Å². The van der Waals surface area contributed by atoms with Crippen molar-refractivity contribution in [2.45, 2.75) is 63.3 Å². The van der Waals surface area contributed by atoms with Crippen molar-refractivity contribution in [3.05, 3.63) is 35.9 Å². The van der Waals surface area contributed by atoms with E-state index in [2.05, 4.69) is 10.6 Å². The lowest BCUT2D eigenvalue weighted by molar-refractivity contribution is -0.0205. The number of amides is 1. The summed E-state index contributed by atoms with van der Waals surface area (Å²) in [4.78, 5) is 12.0. The highest BCUT2D eigenvalue weighted by molar-refractivity contribution is 5.67. The number of alkyl carbamates (subject to hydrolysis) is 1. The predicted molar refractivity (Wildman–Crippen MR) is 96.4 cm³/mol. The van der Waals surface area contributed by atoms with Gasteiger partial charge in [-0.05, 0) is 37.8 Å². The van der Waals surface area contributed by atoms with E-state index in [1.54, 1.807) is 0 Å². The molecule has 0 saturated carbocycles. The molecule has 4 N–H and O–H groups in total. The van der Waals surface area contributed by atoms with Crippen molar-refractivity contribution < 1.29 is 19.7 Å². The zero-order chi connectivity index (χ0) is 18.1. The summed E-state index contributed by atoms with van der Waals surface area (Å²) in [5, 5.41) is 27.1. The molecule has 4 atom stereocenters. The van der Waals surface area contributed by atoms with Gasteiger partial charge in [0.15, 0.2) is 0 Å². The van der Waals surface area contributed by atoms with Crippen LogP contribution in [0.25, 0.3) is 0 Å². The van der Waals surface area contributed by atoms with Gasteiger partial charge in [-0.3, -0.25) is 0 Å². The number of aliphatic hydroxyl groups excluding tert-OH is 2. The number of carbonyl (C=O) groups is 1. The average Bonchev–Trinajstić information content (AvgIpc) is 3.15. The molecule has 1 aliphatic heterocycles. The van der Waals surface area contributed by atoms with Crippen molar-refractivity contribution in [2.75, 3.05) is 13.2 Å². The topological polar surface area (TPSA) is 90.8 Å². The summed E-state index contributed by atoms with van der Waals surface area (Å²) in [6.07, 6.45) is 1.39. The van der Waals surface area contributed by atoms with Crippen LogP contribution in [-0.4, -0.2) is 53.7 Å². The lowest BCUT2D eigenvalue weighted by Crippen LogP contribution is -2.54. The molecule has 140 valence electrons. The van der Waals surface area contributed by atoms with Crippen LogP contribution in [0.1, 0.15) is 38.2 Å². The van der Waals surface area contributed by atoms with Gasteiger partial charge in [-0.1, -0.05) is 43.7 Å². The van der Waals surface area contributed by atoms with Crippen molar-refractivity contribution in [2.24, 2.45) is 0 Å². The van der Waals surface area contributed by atoms with E-state index < -0.39 is 24.3 Å². The lowest BCUT2D eigenvalue weighted by Gasteiger charge is -2.30. The van der Waals surface area contributed by atoms with Crippen LogP contribution in [0.3, 0.4) is 0 Å². The van der Waals surface area contributed by atoms with Gasteiger partial charge in [0, 0.05) is 6.04 Å². The number of hydrogen-bond acceptors (Lipinski definition) is 5. The smallest absolute Gasteiger partial charge is 0.407 e. The number of benzene rings is 1. The van der Waals surface area contributed by atoms with Crippen LogP contribution in [-0.2, 0) is 11.2 Å². The van der Waals surface area contributed by atoms with Gasteiger partial charge in [0.2, 0.25) is 0 Å². The fourth-order valence-electron chi connectivity index (χ4n) is 3.11. The van der Waals surface area contributed by atoms with Crippen LogP contribution >= 0.6 is 0 Å². The number of hydrogen-bond donors (Lipinski definition) is 4. The first-order chi connectivity index (χ1) is 12.1. The van der Waals surface area contributed by atoms with Crippen LogP contribution in [0.5, 0.6) is 0 Å². The molecule has 1 fully saturated rings. The van der Waals surface area contributed by atoms with Gasteiger partial charge < -0.3 is 25.6 Å². The van der Waals surface area contributed by atoms with Gasteiger partial charge in [0.25, 0.3) is 0 Å². The molecule has 1 aromatic rings. The zero-order valence-electron chi connectivity index (χ0n) is 14.9. The summed E-state index contributed by atoms with van der Waals surface area (Å²) >= 11 is 0. The number of ether oxygens (including phenoxy) is 1. The van der Waals surface area contributed by atoms with E-state index >= 15 is 0 Å². The Balaban J connectivity index is 2.00. The molecule has 25 heavy (non-hydrogen) atoms. The van der Waals surface area contributed by atoms with Gasteiger partial charge in [0.05, 0.1) is 18.8 Å². The van der Waals surface area contributed by atoms with Crippen LogP contribution in [0.4, 0.5) is 4.79 Å². The third-order valence-corrected chi connectivity index (χ3v) is 4.61. The first kappa shape index (κ1) is 19.7. The van der Waals surface area contributed by atoms with Crippen LogP contribution in [0.2, 0.25) is 0 Å². The number of unbranched alkanes of at least 4 members (excludes halogenated alkanes) is 1. The van der Waals surface area contributed by atoms with Crippen LogP contribution < -0.4 is 10.6 Å². The summed E-state index contributed by atoms with van der Waals surface area (Å²) in [6.45, 7) is 3.21. The highest BCUT2D eigenvalue weighted by atomic mass is 16.5. The summed E-state index contributed by atoms with van der Waals surface area (Å²) in [5.74, 6) is 0. The predicted octanol–water partition coefficient (Wildman–Crippen LogP) is 1.60. The summed E-state index contributed by atoms with van der Waals surface area (Å²) in [6, 6.07) is 8.84. The van der Waals surface area contributed by atoms with E-state index in [1.807, 2.05) is 37.3 Å². The van der Waals surface area contributed by atoms with Gasteiger partial charge in [-0.2, -0.15) is 0 Å². The quantitative estimate of drug-likeness (QED) is 0.508. The van der Waals surface area contributed by atoms with Crippen LogP contribution in [0, 0.1) is 0 Å². The largest absolute Gasteiger partial charge is 0.450 e. The minimum absolute atomic E-state index is 0.147. The second kappa shape index (κ2) is 10.4. The molecule has 0 spiro atoms. The lowest BCUT2D eigenvalue weighted by atomic mass is 9.93. The maximum atomic E-state index is 12.0. The Bertz CT molecular complexity index is 505. The van der Waals surface area contributed by atoms with Crippen LogP contribution in [0.15, 0.2) is 30.3 Å². The van der Waals surface area contributed by atoms with Gasteiger partial charge in [0.1, 0.15) is 6.10 Å². The summed E-state index contributed by atoms with van der Waals surface area (Å²) in [5.41, 5.74) is 0.979. The number of aliphatic hydroxyl groups is 2. The molecule has 2 rings (SSSR count). The molecule has 1 heterocycles. The molecular weight excluding hydrogens is 320 g/mol. The maximum Gasteiger partial charge on any atom is 0.407 e. The van der Waals surface area contributed by atoms with Crippen molar-refractivity contribution in [3.63, 3.8) is 0 Å². The third kappa shape index (κ3) is 6.30. The number of carbonyl (C=O) groups excluding carboxylic acids is 1. The highest BCUT2D eigenvalue weighted by Gasteiger charge is 2.34. The number of nitrogens with one attached hydrogen (secondary N) is 2. The first-order valence-electron chi connectivity index (χ1n) is 9.18. The van der Waals surface area contributed by atoms with Crippen molar-refractivity contribution in [1.29, 1.82) is 0 Å². The SMILES string of the molecule is CCCCOC(=O)N[C@@H](Cc1ccccc1)[C@H](O)[C@@H](O)[C@@H]1CCCN1. The molecule has 1 saturated heterocycles. The minimum atomic E-state index is -1.07. The van der Waals surface area contributed by atoms with Crippen molar-refractivity contribution in [3.8, 4) is 0 Å². The fourth-order valence-corrected chi connectivity index (χ4v) is 3.11. The molecule has 0 bridgehead atoms. The first-order valence-corrected chi connectivity index (χ1v) is 9.18. The standard InChI is InChI=1S/C19H30N2O4/c1-2-3-12-25-19(24)21-16(13-14-8-5-4-6-9-14)18(23)17(22)15-10-7-11-20-15/h4-6,8-9,15-18,20,22-23H,2-3,7,10-13H2,1H3,(H,21,24)/t15-,16-,17-,18-/m0/s1. The fraction of sp³-hybridized carbons (Fsp3) is 0.632. The number of rotatable bonds is 9. The Morgan fingerprint density at radius 1 is 1.36 bits per heavy atom. The Labute approximate surface area is 149 Å². The molecule has 0 aromatic heterocycles. The summed E-state index contributed by atoms with van der Waals surface area (Å²) < 4.78 is 5.15. The molecular formula is C19H30N2O4. The van der Waals surface area contributed by atoms with Crippen molar-refractivity contribution in [1.82, 2.24) is 10.6 Å². The van der Waals surface area contributed by atoms with E-state index in [0.29, 0.717) is 13.0 Å². The second-order valence-electron chi connectivity index (χ2n) is 6.61. The zero-order valence-corrected chi connectivity index (χ0v) is 14.9. The highest BCUT2D eigenvalue weighted by Crippen LogP contribution is 2.16. The van der Waals surface area contributed by atoms with E-state index in [0.717, 1.165) is 37.8 Å². The Kier molecular flexibility index (Phi) is 8.18. The van der Waals surface area contributed by atoms with E-state index in [4.69, 9.17) is 4.74 Å². The van der Waals surface area contributed by atoms with Gasteiger partial charge >= 0.3 is 6.09 Å². The Hall–Kier alpha value is -1.63. The van der Waals surface area contributed by atoms with E-state index in [1.165, 1.54) is 0 Å². The van der Waals surface area contributed by atoms with Gasteiger partial charge in [-0.15, -0.1) is 0 Å². The molecule has 6 heteroatoms. The van der Waals surface area contributed by atoms with Crippen molar-refractivity contribution >= 4 is 6.09 Å². The maximum absolute atomic E-state index is 12.0. The summed E-state index contributed by atoms with van der Waals surface area (Å²) in [7, 11) is 0. The Morgan fingerprint density at radius 3 is 2.76 bits per heavy atom. The molecule has 0 aliphatic carbocycles. The molecule has 0 radical (unpaired) electrons.